The standard InChI is InChI=1S/C12H15BrN4/c1-9(2)15-6-10-3-4-11(13)5-12(10)17-8-14-7-16-17/h3-5,7-9,15H,6H2,1-2H3. The van der Waals surface area contributed by atoms with E-state index in [2.05, 4.69) is 51.2 Å². The number of rotatable bonds is 4. The molecule has 17 heavy (non-hydrogen) atoms. The Hall–Kier alpha value is -1.20. The third kappa shape index (κ3) is 3.14. The van der Waals surface area contributed by atoms with E-state index in [1.165, 1.54) is 5.56 Å². The fraction of sp³-hybridized carbons (Fsp3) is 0.333. The molecule has 5 heteroatoms. The Balaban J connectivity index is 2.31. The van der Waals surface area contributed by atoms with E-state index < -0.39 is 0 Å². The molecule has 0 amide bonds. The zero-order valence-corrected chi connectivity index (χ0v) is 11.5. The second-order valence-electron chi connectivity index (χ2n) is 4.15. The van der Waals surface area contributed by atoms with Crippen LogP contribution in [-0.2, 0) is 6.54 Å². The van der Waals surface area contributed by atoms with Gasteiger partial charge in [-0.2, -0.15) is 5.10 Å². The summed E-state index contributed by atoms with van der Waals surface area (Å²) in [5, 5.41) is 7.58. The van der Waals surface area contributed by atoms with Gasteiger partial charge >= 0.3 is 0 Å². The number of aromatic nitrogens is 3. The number of benzene rings is 1. The van der Waals surface area contributed by atoms with E-state index in [1.807, 2.05) is 12.1 Å². The average molecular weight is 295 g/mol. The van der Waals surface area contributed by atoms with Crippen LogP contribution < -0.4 is 5.32 Å². The minimum atomic E-state index is 0.460. The maximum atomic E-state index is 4.17. The summed E-state index contributed by atoms with van der Waals surface area (Å²) in [7, 11) is 0. The van der Waals surface area contributed by atoms with Crippen LogP contribution in [0.3, 0.4) is 0 Å². The molecule has 0 saturated carbocycles. The van der Waals surface area contributed by atoms with Gasteiger partial charge < -0.3 is 5.32 Å². The van der Waals surface area contributed by atoms with Gasteiger partial charge in [0.2, 0.25) is 0 Å². The fourth-order valence-corrected chi connectivity index (χ4v) is 1.90. The average Bonchev–Trinajstić information content (AvgIpc) is 2.80. The predicted molar refractivity (Wildman–Crippen MR) is 71.0 cm³/mol. The predicted octanol–water partition coefficient (Wildman–Crippen LogP) is 2.53. The van der Waals surface area contributed by atoms with Crippen molar-refractivity contribution in [2.75, 3.05) is 0 Å². The molecule has 1 aromatic carbocycles. The monoisotopic (exact) mass is 294 g/mol. The van der Waals surface area contributed by atoms with Gasteiger partial charge in [0.05, 0.1) is 5.69 Å². The zero-order valence-electron chi connectivity index (χ0n) is 9.89. The van der Waals surface area contributed by atoms with Gasteiger partial charge in [-0.25, -0.2) is 9.67 Å². The molecule has 2 rings (SSSR count). The molecule has 0 fully saturated rings. The number of nitrogens with one attached hydrogen (secondary N) is 1. The van der Waals surface area contributed by atoms with E-state index in [0.29, 0.717) is 6.04 Å². The largest absolute Gasteiger partial charge is 0.310 e. The molecule has 1 heterocycles. The van der Waals surface area contributed by atoms with Crippen LogP contribution in [0.1, 0.15) is 19.4 Å². The van der Waals surface area contributed by atoms with Crippen molar-refractivity contribution in [3.8, 4) is 5.69 Å². The van der Waals surface area contributed by atoms with Crippen molar-refractivity contribution >= 4 is 15.9 Å². The van der Waals surface area contributed by atoms with Crippen molar-refractivity contribution in [1.29, 1.82) is 0 Å². The topological polar surface area (TPSA) is 42.7 Å². The van der Waals surface area contributed by atoms with Gasteiger partial charge in [-0.15, -0.1) is 0 Å². The molecule has 0 aliphatic heterocycles. The zero-order chi connectivity index (χ0) is 12.3. The molecular weight excluding hydrogens is 280 g/mol. The number of nitrogens with zero attached hydrogens (tertiary/aromatic N) is 3. The highest BCUT2D eigenvalue weighted by molar-refractivity contribution is 9.10. The molecule has 0 aliphatic carbocycles. The summed E-state index contributed by atoms with van der Waals surface area (Å²) in [6, 6.07) is 6.64. The van der Waals surface area contributed by atoms with E-state index in [0.717, 1.165) is 16.7 Å². The van der Waals surface area contributed by atoms with Crippen LogP contribution in [-0.4, -0.2) is 20.8 Å². The van der Waals surface area contributed by atoms with Gasteiger partial charge in [-0.1, -0.05) is 35.8 Å². The SMILES string of the molecule is CC(C)NCc1ccc(Br)cc1-n1cncn1. The lowest BCUT2D eigenvalue weighted by Gasteiger charge is -2.12. The van der Waals surface area contributed by atoms with Gasteiger partial charge in [0.1, 0.15) is 12.7 Å². The number of hydrogen-bond acceptors (Lipinski definition) is 3. The maximum absolute atomic E-state index is 4.17. The third-order valence-corrected chi connectivity index (χ3v) is 2.91. The normalized spacial score (nSPS) is 11.1. The maximum Gasteiger partial charge on any atom is 0.138 e. The Morgan fingerprint density at radius 2 is 2.24 bits per heavy atom. The molecule has 0 atom stereocenters. The van der Waals surface area contributed by atoms with Crippen molar-refractivity contribution in [2.45, 2.75) is 26.4 Å². The molecule has 90 valence electrons. The van der Waals surface area contributed by atoms with Gasteiger partial charge in [-0.05, 0) is 17.7 Å². The highest BCUT2D eigenvalue weighted by atomic mass is 79.9. The Bertz CT molecular complexity index is 479. The Morgan fingerprint density at radius 3 is 2.88 bits per heavy atom. The molecule has 1 aromatic heterocycles. The van der Waals surface area contributed by atoms with E-state index in [-0.39, 0.29) is 0 Å². The summed E-state index contributed by atoms with van der Waals surface area (Å²) < 4.78 is 2.82. The van der Waals surface area contributed by atoms with Crippen LogP contribution in [0.2, 0.25) is 0 Å². The van der Waals surface area contributed by atoms with Crippen LogP contribution in [0.4, 0.5) is 0 Å². The lowest BCUT2D eigenvalue weighted by atomic mass is 10.1. The summed E-state index contributed by atoms with van der Waals surface area (Å²) in [5.74, 6) is 0. The third-order valence-electron chi connectivity index (χ3n) is 2.41. The lowest BCUT2D eigenvalue weighted by Crippen LogP contribution is -2.22. The van der Waals surface area contributed by atoms with E-state index in [4.69, 9.17) is 0 Å². The van der Waals surface area contributed by atoms with Gasteiger partial charge in [0, 0.05) is 17.1 Å². The molecule has 0 radical (unpaired) electrons. The van der Waals surface area contributed by atoms with Crippen molar-refractivity contribution in [3.63, 3.8) is 0 Å². The first-order chi connectivity index (χ1) is 8.16. The summed E-state index contributed by atoms with van der Waals surface area (Å²) in [5.41, 5.74) is 2.25. The van der Waals surface area contributed by atoms with E-state index in [9.17, 15) is 0 Å². The summed E-state index contributed by atoms with van der Waals surface area (Å²) in [4.78, 5) is 3.98. The Labute approximate surface area is 109 Å². The molecule has 0 unspecified atom stereocenters. The Morgan fingerprint density at radius 1 is 1.41 bits per heavy atom. The van der Waals surface area contributed by atoms with Gasteiger partial charge in [0.15, 0.2) is 0 Å². The van der Waals surface area contributed by atoms with E-state index >= 15 is 0 Å². The second-order valence-corrected chi connectivity index (χ2v) is 5.06. The first-order valence-corrected chi connectivity index (χ1v) is 6.33. The lowest BCUT2D eigenvalue weighted by molar-refractivity contribution is 0.586. The van der Waals surface area contributed by atoms with Gasteiger partial charge in [-0.3, -0.25) is 0 Å². The highest BCUT2D eigenvalue weighted by Gasteiger charge is 2.06. The summed E-state index contributed by atoms with van der Waals surface area (Å²) in [6.45, 7) is 5.09. The molecule has 4 nitrogen and oxygen atoms in total. The van der Waals surface area contributed by atoms with Crippen LogP contribution in [0.5, 0.6) is 0 Å². The van der Waals surface area contributed by atoms with Gasteiger partial charge in [0.25, 0.3) is 0 Å². The van der Waals surface area contributed by atoms with Crippen LogP contribution >= 0.6 is 15.9 Å². The molecule has 0 aliphatic rings. The molecule has 0 saturated heterocycles. The van der Waals surface area contributed by atoms with Crippen molar-refractivity contribution in [3.05, 3.63) is 40.9 Å². The van der Waals surface area contributed by atoms with Crippen LogP contribution in [0.15, 0.2) is 35.3 Å². The van der Waals surface area contributed by atoms with Crippen LogP contribution in [0.25, 0.3) is 5.69 Å². The van der Waals surface area contributed by atoms with Crippen LogP contribution in [0, 0.1) is 0 Å². The molecular formula is C12H15BrN4. The highest BCUT2D eigenvalue weighted by Crippen LogP contribution is 2.19. The second kappa shape index (κ2) is 5.42. The molecule has 0 spiro atoms. The van der Waals surface area contributed by atoms with Crippen molar-refractivity contribution < 1.29 is 0 Å². The Kier molecular flexibility index (Phi) is 3.91. The summed E-state index contributed by atoms with van der Waals surface area (Å²) in [6.07, 6.45) is 3.25. The minimum absolute atomic E-state index is 0.460. The minimum Gasteiger partial charge on any atom is -0.310 e. The molecule has 2 aromatic rings. The molecule has 0 bridgehead atoms. The quantitative estimate of drug-likeness (QED) is 0.942. The smallest absolute Gasteiger partial charge is 0.138 e. The number of hydrogen-bond donors (Lipinski definition) is 1. The van der Waals surface area contributed by atoms with E-state index in [1.54, 1.807) is 17.3 Å². The first-order valence-electron chi connectivity index (χ1n) is 5.53. The number of halogens is 1. The first kappa shape index (κ1) is 12.3. The van der Waals surface area contributed by atoms with Crippen molar-refractivity contribution in [2.24, 2.45) is 0 Å². The molecule has 1 N–H and O–H groups in total. The van der Waals surface area contributed by atoms with Crippen molar-refractivity contribution in [1.82, 2.24) is 20.1 Å². The fourth-order valence-electron chi connectivity index (χ4n) is 1.55. The summed E-state index contributed by atoms with van der Waals surface area (Å²) >= 11 is 3.48.